The normalized spacial score (nSPS) is 10.7. The minimum atomic E-state index is 0.307. The Bertz CT molecular complexity index is 757. The van der Waals surface area contributed by atoms with Gasteiger partial charge in [-0.2, -0.15) is 4.98 Å². The molecule has 5 nitrogen and oxygen atoms in total. The number of rotatable bonds is 2. The van der Waals surface area contributed by atoms with E-state index < -0.39 is 0 Å². The minimum Gasteiger partial charge on any atom is -0.399 e. The van der Waals surface area contributed by atoms with Gasteiger partial charge in [-0.05, 0) is 46.3 Å². The van der Waals surface area contributed by atoms with E-state index in [0.29, 0.717) is 33.7 Å². The van der Waals surface area contributed by atoms with Gasteiger partial charge in [0.05, 0.1) is 10.6 Å². The number of benzene rings is 1. The monoisotopic (exact) mass is 350 g/mol. The highest BCUT2D eigenvalue weighted by atomic mass is 79.9. The maximum Gasteiger partial charge on any atom is 0.259 e. The molecule has 2 N–H and O–H groups in total. The number of halogens is 2. The van der Waals surface area contributed by atoms with Gasteiger partial charge in [0, 0.05) is 16.4 Å². The number of hydrogen-bond donors (Lipinski definition) is 1. The van der Waals surface area contributed by atoms with Gasteiger partial charge >= 0.3 is 0 Å². The van der Waals surface area contributed by atoms with Crippen LogP contribution in [0, 0.1) is 0 Å². The van der Waals surface area contributed by atoms with Crippen LogP contribution in [-0.4, -0.2) is 15.1 Å². The molecule has 0 fully saturated rings. The van der Waals surface area contributed by atoms with Crippen molar-refractivity contribution in [3.05, 3.63) is 46.0 Å². The summed E-state index contributed by atoms with van der Waals surface area (Å²) < 4.78 is 6.10. The molecule has 0 saturated carbocycles. The van der Waals surface area contributed by atoms with Crippen molar-refractivity contribution in [3.8, 4) is 23.0 Å². The van der Waals surface area contributed by atoms with E-state index in [0.717, 1.165) is 4.47 Å². The summed E-state index contributed by atoms with van der Waals surface area (Å²) in [5.41, 5.74) is 7.52. The van der Waals surface area contributed by atoms with E-state index in [1.807, 2.05) is 6.07 Å². The second-order valence-corrected chi connectivity index (χ2v) is 5.35. The zero-order valence-corrected chi connectivity index (χ0v) is 12.4. The maximum atomic E-state index is 6.10. The number of nitrogen functional groups attached to an aromatic ring is 1. The van der Waals surface area contributed by atoms with Crippen molar-refractivity contribution < 1.29 is 4.52 Å². The number of anilines is 1. The molecule has 100 valence electrons. The molecule has 0 spiro atoms. The van der Waals surface area contributed by atoms with Gasteiger partial charge in [-0.15, -0.1) is 0 Å². The molecule has 0 saturated heterocycles. The lowest BCUT2D eigenvalue weighted by molar-refractivity contribution is 0.432. The summed E-state index contributed by atoms with van der Waals surface area (Å²) in [7, 11) is 0. The third kappa shape index (κ3) is 2.52. The van der Waals surface area contributed by atoms with Crippen molar-refractivity contribution in [1.82, 2.24) is 15.1 Å². The zero-order chi connectivity index (χ0) is 14.1. The Labute approximate surface area is 127 Å². The first-order chi connectivity index (χ1) is 9.63. The van der Waals surface area contributed by atoms with E-state index >= 15 is 0 Å². The lowest BCUT2D eigenvalue weighted by Crippen LogP contribution is -1.88. The zero-order valence-electron chi connectivity index (χ0n) is 10.0. The van der Waals surface area contributed by atoms with Crippen LogP contribution in [0.5, 0.6) is 0 Å². The van der Waals surface area contributed by atoms with Gasteiger partial charge < -0.3 is 10.3 Å². The summed E-state index contributed by atoms with van der Waals surface area (Å²) in [6.45, 7) is 0. The Morgan fingerprint density at radius 1 is 1.20 bits per heavy atom. The summed E-state index contributed by atoms with van der Waals surface area (Å²) in [6.07, 6.45) is 1.67. The van der Waals surface area contributed by atoms with Crippen LogP contribution >= 0.6 is 27.5 Å². The Kier molecular flexibility index (Phi) is 3.42. The number of nitrogens with zero attached hydrogens (tertiary/aromatic N) is 3. The van der Waals surface area contributed by atoms with Gasteiger partial charge in [0.15, 0.2) is 0 Å². The van der Waals surface area contributed by atoms with E-state index in [9.17, 15) is 0 Å². The molecule has 0 radical (unpaired) electrons. The fraction of sp³-hybridized carbons (Fsp3) is 0. The third-order valence-electron chi connectivity index (χ3n) is 2.60. The van der Waals surface area contributed by atoms with Crippen molar-refractivity contribution in [2.45, 2.75) is 0 Å². The molecular formula is C13H8BrClN4O. The number of pyridine rings is 1. The van der Waals surface area contributed by atoms with Crippen LogP contribution in [0.1, 0.15) is 0 Å². The molecule has 1 aromatic carbocycles. The molecule has 2 heterocycles. The molecule has 0 aliphatic rings. The van der Waals surface area contributed by atoms with Gasteiger partial charge in [-0.3, -0.25) is 4.98 Å². The Hall–Kier alpha value is -1.92. The topological polar surface area (TPSA) is 77.8 Å². The molecule has 3 aromatic rings. The SMILES string of the molecule is Nc1ccc(Cl)c(-c2nc(-c3ccc(Br)cn3)no2)c1. The van der Waals surface area contributed by atoms with Crippen LogP contribution in [-0.2, 0) is 0 Å². The molecule has 0 amide bonds. The van der Waals surface area contributed by atoms with E-state index in [4.69, 9.17) is 21.9 Å². The van der Waals surface area contributed by atoms with Crippen LogP contribution in [0.4, 0.5) is 5.69 Å². The molecule has 20 heavy (non-hydrogen) atoms. The molecule has 0 aliphatic carbocycles. The second-order valence-electron chi connectivity index (χ2n) is 4.02. The average Bonchev–Trinajstić information content (AvgIpc) is 2.92. The van der Waals surface area contributed by atoms with Crippen LogP contribution in [0.25, 0.3) is 23.0 Å². The molecule has 7 heteroatoms. The summed E-state index contributed by atoms with van der Waals surface area (Å²) >= 11 is 9.42. The number of hydrogen-bond acceptors (Lipinski definition) is 5. The number of aromatic nitrogens is 3. The maximum absolute atomic E-state index is 6.10. The van der Waals surface area contributed by atoms with Gasteiger partial charge in [0.25, 0.3) is 5.89 Å². The van der Waals surface area contributed by atoms with Crippen LogP contribution < -0.4 is 5.73 Å². The van der Waals surface area contributed by atoms with E-state index in [2.05, 4.69) is 31.1 Å². The first kappa shape index (κ1) is 13.1. The quantitative estimate of drug-likeness (QED) is 0.711. The molecule has 3 rings (SSSR count). The standard InChI is InChI=1S/C13H8BrClN4O/c14-7-1-4-11(17-6-7)12-18-13(20-19-12)9-5-8(16)2-3-10(9)15/h1-6H,16H2. The van der Waals surface area contributed by atoms with Crippen LogP contribution in [0.2, 0.25) is 5.02 Å². The van der Waals surface area contributed by atoms with Crippen molar-refractivity contribution in [2.75, 3.05) is 5.73 Å². The van der Waals surface area contributed by atoms with Crippen molar-refractivity contribution in [1.29, 1.82) is 0 Å². The first-order valence-electron chi connectivity index (χ1n) is 5.64. The highest BCUT2D eigenvalue weighted by Gasteiger charge is 2.14. The Balaban J connectivity index is 2.01. The van der Waals surface area contributed by atoms with Gasteiger partial charge in [0.2, 0.25) is 5.82 Å². The van der Waals surface area contributed by atoms with Crippen LogP contribution in [0.15, 0.2) is 45.5 Å². The largest absolute Gasteiger partial charge is 0.399 e. The fourth-order valence-electron chi connectivity index (χ4n) is 1.65. The molecule has 0 aliphatic heterocycles. The predicted molar refractivity (Wildman–Crippen MR) is 80.1 cm³/mol. The molecule has 0 unspecified atom stereocenters. The highest BCUT2D eigenvalue weighted by molar-refractivity contribution is 9.10. The summed E-state index contributed by atoms with van der Waals surface area (Å²) in [5.74, 6) is 0.702. The highest BCUT2D eigenvalue weighted by Crippen LogP contribution is 2.29. The van der Waals surface area contributed by atoms with Crippen molar-refractivity contribution >= 4 is 33.2 Å². The van der Waals surface area contributed by atoms with Gasteiger partial charge in [-0.1, -0.05) is 16.8 Å². The molecule has 0 bridgehead atoms. The van der Waals surface area contributed by atoms with Gasteiger partial charge in [0.1, 0.15) is 5.69 Å². The Morgan fingerprint density at radius 2 is 2.05 bits per heavy atom. The minimum absolute atomic E-state index is 0.307. The summed E-state index contributed by atoms with van der Waals surface area (Å²) in [4.78, 5) is 8.49. The third-order valence-corrected chi connectivity index (χ3v) is 3.40. The number of nitrogens with two attached hydrogens (primary N) is 1. The smallest absolute Gasteiger partial charge is 0.259 e. The first-order valence-corrected chi connectivity index (χ1v) is 6.81. The molecule has 2 aromatic heterocycles. The van der Waals surface area contributed by atoms with E-state index in [1.54, 1.807) is 30.5 Å². The van der Waals surface area contributed by atoms with Gasteiger partial charge in [-0.25, -0.2) is 0 Å². The molecule has 0 atom stereocenters. The second kappa shape index (κ2) is 5.22. The van der Waals surface area contributed by atoms with E-state index in [-0.39, 0.29) is 0 Å². The lowest BCUT2D eigenvalue weighted by Gasteiger charge is -1.99. The average molecular weight is 352 g/mol. The van der Waals surface area contributed by atoms with E-state index in [1.165, 1.54) is 0 Å². The van der Waals surface area contributed by atoms with Crippen molar-refractivity contribution in [2.24, 2.45) is 0 Å². The summed E-state index contributed by atoms with van der Waals surface area (Å²) in [6, 6.07) is 8.73. The van der Waals surface area contributed by atoms with Crippen molar-refractivity contribution in [3.63, 3.8) is 0 Å². The predicted octanol–water partition coefficient (Wildman–Crippen LogP) is 3.80. The van der Waals surface area contributed by atoms with Crippen LogP contribution in [0.3, 0.4) is 0 Å². The summed E-state index contributed by atoms with van der Waals surface area (Å²) in [5, 5.41) is 4.40. The Morgan fingerprint density at radius 3 is 2.80 bits per heavy atom. The lowest BCUT2D eigenvalue weighted by atomic mass is 10.2. The molecular weight excluding hydrogens is 344 g/mol. The fourth-order valence-corrected chi connectivity index (χ4v) is 2.08.